The number of methoxy groups -OCH3 is 1. The molecule has 0 atom stereocenters. The van der Waals surface area contributed by atoms with Crippen LogP contribution in [0.2, 0.25) is 0 Å². The third-order valence-corrected chi connectivity index (χ3v) is 5.77. The maximum atomic E-state index is 12.8. The fourth-order valence-electron chi connectivity index (χ4n) is 4.06. The molecule has 0 unspecified atom stereocenters. The van der Waals surface area contributed by atoms with E-state index in [0.717, 1.165) is 71.0 Å². The number of hydrogen-bond acceptors (Lipinski definition) is 4. The summed E-state index contributed by atoms with van der Waals surface area (Å²) in [7, 11) is 1.72. The standard InChI is InChI=1S/C23H36N4O3.HI/c1-3-24-23(26-13-10-21(11-14-26)30-16-6-15-29-2)25-17-22(28)27-12-9-19-7-4-5-8-20(19)18-27;/h4-5,7-8,21H,3,6,9-18H2,1-2H3,(H,24,25);1H. The molecule has 1 fully saturated rings. The van der Waals surface area contributed by atoms with Crippen molar-refractivity contribution in [2.24, 2.45) is 4.99 Å². The van der Waals surface area contributed by atoms with Crippen molar-refractivity contribution < 1.29 is 14.3 Å². The number of fused-ring (bicyclic) bond motifs is 1. The minimum absolute atomic E-state index is 0. The summed E-state index contributed by atoms with van der Waals surface area (Å²) >= 11 is 0. The van der Waals surface area contributed by atoms with E-state index in [-0.39, 0.29) is 36.4 Å². The van der Waals surface area contributed by atoms with E-state index < -0.39 is 0 Å². The molecule has 0 bridgehead atoms. The third kappa shape index (κ3) is 7.91. The number of nitrogens with zero attached hydrogens (tertiary/aromatic N) is 3. The first-order chi connectivity index (χ1) is 14.7. The number of piperidine rings is 1. The fraction of sp³-hybridized carbons (Fsp3) is 0.652. The Morgan fingerprint density at radius 3 is 2.58 bits per heavy atom. The van der Waals surface area contributed by atoms with E-state index in [4.69, 9.17) is 9.47 Å². The Kier molecular flexibility index (Phi) is 11.6. The number of likely N-dealkylation sites (tertiary alicyclic amines) is 1. The van der Waals surface area contributed by atoms with Crippen LogP contribution in [0.3, 0.4) is 0 Å². The van der Waals surface area contributed by atoms with Crippen LogP contribution in [-0.4, -0.2) is 80.8 Å². The Bertz CT molecular complexity index is 708. The molecule has 1 saturated heterocycles. The Labute approximate surface area is 203 Å². The van der Waals surface area contributed by atoms with Crippen LogP contribution in [-0.2, 0) is 27.2 Å². The smallest absolute Gasteiger partial charge is 0.244 e. The van der Waals surface area contributed by atoms with Crippen molar-refractivity contribution in [1.29, 1.82) is 0 Å². The molecule has 1 aromatic carbocycles. The lowest BCUT2D eigenvalue weighted by molar-refractivity contribution is -0.130. The highest BCUT2D eigenvalue weighted by atomic mass is 127. The Morgan fingerprint density at radius 2 is 1.87 bits per heavy atom. The van der Waals surface area contributed by atoms with Crippen LogP contribution in [0.4, 0.5) is 0 Å². The average molecular weight is 544 g/mol. The molecule has 0 aromatic heterocycles. The zero-order chi connectivity index (χ0) is 21.2. The molecular weight excluding hydrogens is 507 g/mol. The molecule has 2 heterocycles. The summed E-state index contributed by atoms with van der Waals surface area (Å²) < 4.78 is 11.0. The van der Waals surface area contributed by atoms with Gasteiger partial charge in [0.1, 0.15) is 6.54 Å². The minimum Gasteiger partial charge on any atom is -0.385 e. The van der Waals surface area contributed by atoms with Crippen molar-refractivity contribution in [3.63, 3.8) is 0 Å². The first-order valence-electron chi connectivity index (χ1n) is 11.2. The number of carbonyl (C=O) groups is 1. The summed E-state index contributed by atoms with van der Waals surface area (Å²) in [5.74, 6) is 0.928. The predicted molar refractivity (Wildman–Crippen MR) is 134 cm³/mol. The number of carbonyl (C=O) groups excluding carboxylic acids is 1. The van der Waals surface area contributed by atoms with E-state index in [0.29, 0.717) is 12.6 Å². The maximum Gasteiger partial charge on any atom is 0.244 e. The van der Waals surface area contributed by atoms with Gasteiger partial charge in [0.05, 0.1) is 6.10 Å². The van der Waals surface area contributed by atoms with Crippen molar-refractivity contribution >= 4 is 35.8 Å². The topological polar surface area (TPSA) is 66.4 Å². The summed E-state index contributed by atoms with van der Waals surface area (Å²) in [5, 5.41) is 3.35. The highest BCUT2D eigenvalue weighted by molar-refractivity contribution is 14.0. The van der Waals surface area contributed by atoms with Crippen LogP contribution in [0.25, 0.3) is 0 Å². The number of halogens is 1. The Balaban J connectivity index is 0.00000341. The highest BCUT2D eigenvalue weighted by Crippen LogP contribution is 2.19. The van der Waals surface area contributed by atoms with E-state index >= 15 is 0 Å². The number of rotatable bonds is 8. The van der Waals surface area contributed by atoms with Crippen molar-refractivity contribution in [3.8, 4) is 0 Å². The SMILES string of the molecule is CCNC(=NCC(=O)N1CCc2ccccc2C1)N1CCC(OCCCOC)CC1.I. The summed E-state index contributed by atoms with van der Waals surface area (Å²) in [5.41, 5.74) is 2.60. The number of ether oxygens (including phenoxy) is 2. The molecule has 8 heteroatoms. The molecule has 0 saturated carbocycles. The van der Waals surface area contributed by atoms with Crippen LogP contribution in [0, 0.1) is 0 Å². The quantitative estimate of drug-likeness (QED) is 0.236. The zero-order valence-corrected chi connectivity index (χ0v) is 21.2. The van der Waals surface area contributed by atoms with Gasteiger partial charge in [-0.05, 0) is 43.7 Å². The van der Waals surface area contributed by atoms with Gasteiger partial charge in [-0.25, -0.2) is 4.99 Å². The van der Waals surface area contributed by atoms with Gasteiger partial charge in [0.2, 0.25) is 5.91 Å². The minimum atomic E-state index is 0. The molecule has 2 aliphatic heterocycles. The van der Waals surface area contributed by atoms with Gasteiger partial charge in [-0.15, -0.1) is 24.0 Å². The molecule has 31 heavy (non-hydrogen) atoms. The molecule has 2 aliphatic rings. The lowest BCUT2D eigenvalue weighted by atomic mass is 10.00. The molecule has 0 spiro atoms. The van der Waals surface area contributed by atoms with Gasteiger partial charge in [0.25, 0.3) is 0 Å². The lowest BCUT2D eigenvalue weighted by Gasteiger charge is -2.34. The number of benzene rings is 1. The monoisotopic (exact) mass is 544 g/mol. The summed E-state index contributed by atoms with van der Waals surface area (Å²) in [6.45, 7) is 7.78. The second-order valence-electron chi connectivity index (χ2n) is 7.91. The van der Waals surface area contributed by atoms with Crippen molar-refractivity contribution in [3.05, 3.63) is 35.4 Å². The number of guanidine groups is 1. The molecule has 1 amide bonds. The van der Waals surface area contributed by atoms with E-state index in [1.807, 2.05) is 11.0 Å². The summed E-state index contributed by atoms with van der Waals surface area (Å²) in [4.78, 5) is 21.6. The first-order valence-corrected chi connectivity index (χ1v) is 11.2. The van der Waals surface area contributed by atoms with Crippen LogP contribution < -0.4 is 5.32 Å². The molecule has 7 nitrogen and oxygen atoms in total. The molecule has 0 aliphatic carbocycles. The van der Waals surface area contributed by atoms with Crippen LogP contribution >= 0.6 is 24.0 Å². The highest BCUT2D eigenvalue weighted by Gasteiger charge is 2.23. The van der Waals surface area contributed by atoms with Crippen LogP contribution in [0.5, 0.6) is 0 Å². The normalized spacial score (nSPS) is 17.2. The van der Waals surface area contributed by atoms with Crippen LogP contribution in [0.15, 0.2) is 29.3 Å². The first kappa shape index (κ1) is 25.9. The summed E-state index contributed by atoms with van der Waals surface area (Å²) in [6, 6.07) is 8.38. The summed E-state index contributed by atoms with van der Waals surface area (Å²) in [6.07, 6.45) is 4.12. The third-order valence-electron chi connectivity index (χ3n) is 5.77. The van der Waals surface area contributed by atoms with E-state index in [2.05, 4.69) is 40.3 Å². The average Bonchev–Trinajstić information content (AvgIpc) is 2.79. The number of aliphatic imine (C=N–C) groups is 1. The van der Waals surface area contributed by atoms with Crippen molar-refractivity contribution in [2.75, 3.05) is 53.0 Å². The molecule has 0 radical (unpaired) electrons. The van der Waals surface area contributed by atoms with Crippen molar-refractivity contribution in [2.45, 2.75) is 45.3 Å². The second kappa shape index (κ2) is 13.9. The van der Waals surface area contributed by atoms with E-state index in [1.54, 1.807) is 7.11 Å². The fourth-order valence-corrected chi connectivity index (χ4v) is 4.06. The van der Waals surface area contributed by atoms with E-state index in [1.165, 1.54) is 11.1 Å². The van der Waals surface area contributed by atoms with Gasteiger partial charge in [0, 0.05) is 53.0 Å². The second-order valence-corrected chi connectivity index (χ2v) is 7.91. The Hall–Kier alpha value is -1.39. The van der Waals surface area contributed by atoms with Crippen molar-refractivity contribution in [1.82, 2.24) is 15.1 Å². The van der Waals surface area contributed by atoms with Crippen LogP contribution in [0.1, 0.15) is 37.3 Å². The molecular formula is C23H37IN4O3. The van der Waals surface area contributed by atoms with Gasteiger partial charge in [-0.2, -0.15) is 0 Å². The molecule has 1 aromatic rings. The van der Waals surface area contributed by atoms with Gasteiger partial charge in [0.15, 0.2) is 5.96 Å². The predicted octanol–water partition coefficient (Wildman–Crippen LogP) is 2.67. The van der Waals surface area contributed by atoms with Gasteiger partial charge < -0.3 is 24.6 Å². The van der Waals surface area contributed by atoms with E-state index in [9.17, 15) is 4.79 Å². The molecule has 1 N–H and O–H groups in total. The largest absolute Gasteiger partial charge is 0.385 e. The number of amides is 1. The maximum absolute atomic E-state index is 12.8. The lowest BCUT2D eigenvalue weighted by Crippen LogP contribution is -2.47. The Morgan fingerprint density at radius 1 is 1.13 bits per heavy atom. The van der Waals surface area contributed by atoms with Gasteiger partial charge >= 0.3 is 0 Å². The number of hydrogen-bond donors (Lipinski definition) is 1. The zero-order valence-electron chi connectivity index (χ0n) is 18.8. The van der Waals surface area contributed by atoms with Gasteiger partial charge in [-0.3, -0.25) is 4.79 Å². The molecule has 174 valence electrons. The number of nitrogens with one attached hydrogen (secondary N) is 1. The van der Waals surface area contributed by atoms with Gasteiger partial charge in [-0.1, -0.05) is 24.3 Å². The molecule has 3 rings (SSSR count).